The first-order valence-electron chi connectivity index (χ1n) is 23.0. The van der Waals surface area contributed by atoms with Crippen molar-refractivity contribution in [2.24, 2.45) is 23.5 Å². The number of ketones is 1. The maximum atomic E-state index is 11.4. The zero-order chi connectivity index (χ0) is 48.2. The first kappa shape index (κ1) is 51.6. The van der Waals surface area contributed by atoms with Crippen LogP contribution >= 0.6 is 81.8 Å². The van der Waals surface area contributed by atoms with E-state index in [1.54, 1.807) is 34.0 Å². The number of hydrogen-bond donors (Lipinski definition) is 4. The Balaban J connectivity index is 0.000000136. The number of carbonyl (C=O) groups is 1. The van der Waals surface area contributed by atoms with Crippen LogP contribution in [0.5, 0.6) is 0 Å². The number of carbonyl (C=O) groups excluding carboxylic acids is 1. The van der Waals surface area contributed by atoms with E-state index in [4.69, 9.17) is 21.0 Å². The molecule has 3 saturated carbocycles. The Morgan fingerprint density at radius 3 is 1.28 bits per heavy atom. The molecule has 3 aliphatic carbocycles. The van der Waals surface area contributed by atoms with Crippen LogP contribution in [0.3, 0.4) is 0 Å². The standard InChI is InChI=1S/C15H19N3S.C15H15N3S.C14H15BrN2S.C9H8Br2O/c2*1-10-14(13-6-4-11(8-16)5-7-13)18-15(19-10)17-9-12-2-3-12;1-9-13(11-4-6-12(15)7-5-11)17-14(18-9)16-8-10-2-3-10;1-6(10)9(12)7-2-4-8(11)5-3-7/h4-7,12H,2-3,8-9,16H2,1H3,(H,17,18);4-7,12H,2-3,9H2,1H3,(H,17,18);4-7,10H,2-3,8H2,1H3,(H,16,17);2-6H,1H3. The Labute approximate surface area is 438 Å². The lowest BCUT2D eigenvalue weighted by Crippen LogP contribution is -2.09. The van der Waals surface area contributed by atoms with Crippen LogP contribution in [0.1, 0.15) is 81.6 Å². The molecule has 0 radical (unpaired) electrons. The summed E-state index contributed by atoms with van der Waals surface area (Å²) in [6.07, 6.45) is 8.17. The summed E-state index contributed by atoms with van der Waals surface area (Å²) < 4.78 is 2.09. The van der Waals surface area contributed by atoms with E-state index in [1.807, 2.05) is 55.5 Å². The lowest BCUT2D eigenvalue weighted by atomic mass is 10.1. The number of thiazole rings is 3. The first-order valence-corrected chi connectivity index (χ1v) is 27.9. The number of alkyl halides is 1. The third-order valence-corrected chi connectivity index (χ3v) is 15.7. The molecule has 5 N–H and O–H groups in total. The molecule has 0 spiro atoms. The van der Waals surface area contributed by atoms with Crippen molar-refractivity contribution in [3.8, 4) is 39.8 Å². The van der Waals surface area contributed by atoms with Gasteiger partial charge in [0, 0.05) is 72.0 Å². The molecule has 0 saturated heterocycles. The molecule has 0 bridgehead atoms. The summed E-state index contributed by atoms with van der Waals surface area (Å²) in [5.41, 5.74) is 14.8. The van der Waals surface area contributed by atoms with E-state index in [-0.39, 0.29) is 10.6 Å². The fourth-order valence-corrected chi connectivity index (χ4v) is 10.2. The molecular weight excluding hydrogens is 1100 g/mol. The first-order chi connectivity index (χ1) is 32.8. The van der Waals surface area contributed by atoms with E-state index >= 15 is 0 Å². The molecule has 3 aliphatic rings. The highest BCUT2D eigenvalue weighted by Crippen LogP contribution is 2.36. The van der Waals surface area contributed by atoms with Crippen molar-refractivity contribution in [1.29, 1.82) is 5.26 Å². The van der Waals surface area contributed by atoms with Crippen molar-refractivity contribution in [3.63, 3.8) is 0 Å². The molecule has 10 rings (SSSR count). The third kappa shape index (κ3) is 15.9. The summed E-state index contributed by atoms with van der Waals surface area (Å²) in [5, 5.41) is 22.2. The van der Waals surface area contributed by atoms with Crippen LogP contribution in [0.25, 0.3) is 33.8 Å². The van der Waals surface area contributed by atoms with Gasteiger partial charge in [0.15, 0.2) is 21.2 Å². The van der Waals surface area contributed by atoms with Crippen LogP contribution in [-0.2, 0) is 6.54 Å². The molecule has 3 heterocycles. The zero-order valence-electron chi connectivity index (χ0n) is 38.8. The Bertz CT molecular complexity index is 2750. The largest absolute Gasteiger partial charge is 0.361 e. The lowest BCUT2D eigenvalue weighted by Gasteiger charge is -2.01. The number of Topliss-reactive ketones (excluding diaryl/α,β-unsaturated/α-hetero) is 1. The van der Waals surface area contributed by atoms with Crippen molar-refractivity contribution in [3.05, 3.63) is 137 Å². The molecule has 9 nitrogen and oxygen atoms in total. The van der Waals surface area contributed by atoms with E-state index < -0.39 is 0 Å². The Morgan fingerprint density at radius 2 is 0.956 bits per heavy atom. The number of halogens is 3. The number of aryl methyl sites for hydroxylation is 3. The van der Waals surface area contributed by atoms with Crippen molar-refractivity contribution in [2.45, 2.75) is 77.6 Å². The number of anilines is 3. The molecule has 1 unspecified atom stereocenters. The molecule has 15 heteroatoms. The molecule has 0 aliphatic heterocycles. The zero-order valence-corrected chi connectivity index (χ0v) is 46.0. The highest BCUT2D eigenvalue weighted by Gasteiger charge is 2.23. The van der Waals surface area contributed by atoms with E-state index in [0.29, 0.717) is 12.1 Å². The van der Waals surface area contributed by atoms with Gasteiger partial charge in [-0.25, -0.2) is 15.0 Å². The molecule has 7 aromatic rings. The van der Waals surface area contributed by atoms with E-state index in [0.717, 1.165) is 95.5 Å². The smallest absolute Gasteiger partial charge is 0.183 e. The number of nitrogens with two attached hydrogens (primary N) is 1. The second-order valence-electron chi connectivity index (χ2n) is 17.3. The summed E-state index contributed by atoms with van der Waals surface area (Å²) in [6, 6.07) is 33.8. The number of hydrogen-bond acceptors (Lipinski definition) is 12. The lowest BCUT2D eigenvalue weighted by molar-refractivity contribution is 0.0996. The number of aromatic nitrogens is 3. The Hall–Kier alpha value is -4.27. The van der Waals surface area contributed by atoms with Gasteiger partial charge in [0.1, 0.15) is 0 Å². The van der Waals surface area contributed by atoms with Gasteiger partial charge in [-0.05, 0) is 126 Å². The quantitative estimate of drug-likeness (QED) is 0.0583. The topological polar surface area (TPSA) is 142 Å². The van der Waals surface area contributed by atoms with Crippen molar-refractivity contribution >= 4 is 103 Å². The Morgan fingerprint density at radius 1 is 0.618 bits per heavy atom. The van der Waals surface area contributed by atoms with Gasteiger partial charge in [-0.1, -0.05) is 108 Å². The minimum absolute atomic E-state index is 0.112. The molecular formula is C53H57Br3N8OS3. The van der Waals surface area contributed by atoms with E-state index in [9.17, 15) is 4.79 Å². The van der Waals surface area contributed by atoms with Crippen LogP contribution in [0, 0.1) is 49.9 Å². The number of benzene rings is 4. The molecule has 3 fully saturated rings. The van der Waals surface area contributed by atoms with Gasteiger partial charge in [-0.3, -0.25) is 4.79 Å². The van der Waals surface area contributed by atoms with Gasteiger partial charge in [0.05, 0.1) is 33.5 Å². The molecule has 68 heavy (non-hydrogen) atoms. The molecule has 1 atom stereocenters. The van der Waals surface area contributed by atoms with Crippen molar-refractivity contribution in [1.82, 2.24) is 15.0 Å². The minimum Gasteiger partial charge on any atom is -0.361 e. The van der Waals surface area contributed by atoms with Crippen LogP contribution in [-0.4, -0.2) is 45.2 Å². The van der Waals surface area contributed by atoms with Crippen LogP contribution in [0.2, 0.25) is 0 Å². The highest BCUT2D eigenvalue weighted by atomic mass is 79.9. The van der Waals surface area contributed by atoms with Crippen molar-refractivity contribution < 1.29 is 4.79 Å². The summed E-state index contributed by atoms with van der Waals surface area (Å²) in [4.78, 5) is 29.1. The summed E-state index contributed by atoms with van der Waals surface area (Å²) in [5.74, 6) is 2.71. The van der Waals surface area contributed by atoms with Gasteiger partial charge < -0.3 is 21.7 Å². The molecule has 354 valence electrons. The number of nitriles is 1. The van der Waals surface area contributed by atoms with E-state index in [1.165, 1.54) is 64.3 Å². The van der Waals surface area contributed by atoms with Gasteiger partial charge in [0.2, 0.25) is 0 Å². The number of nitrogens with one attached hydrogen (secondary N) is 3. The van der Waals surface area contributed by atoms with Gasteiger partial charge >= 0.3 is 0 Å². The minimum atomic E-state index is -0.112. The second kappa shape index (κ2) is 25.0. The average molecular weight is 1160 g/mol. The summed E-state index contributed by atoms with van der Waals surface area (Å²) >= 11 is 15.2. The average Bonchev–Trinajstić information content (AvgIpc) is 4.30. The fourth-order valence-electron chi connectivity index (χ4n) is 6.83. The third-order valence-electron chi connectivity index (χ3n) is 11.5. The van der Waals surface area contributed by atoms with Crippen molar-refractivity contribution in [2.75, 3.05) is 35.6 Å². The van der Waals surface area contributed by atoms with Crippen LogP contribution < -0.4 is 21.7 Å². The van der Waals surface area contributed by atoms with Crippen LogP contribution in [0.4, 0.5) is 15.4 Å². The monoisotopic (exact) mass is 1150 g/mol. The maximum absolute atomic E-state index is 11.4. The van der Waals surface area contributed by atoms with Crippen LogP contribution in [0.15, 0.2) is 106 Å². The van der Waals surface area contributed by atoms with Gasteiger partial charge in [-0.2, -0.15) is 5.26 Å². The van der Waals surface area contributed by atoms with E-state index in [2.05, 4.69) is 144 Å². The predicted molar refractivity (Wildman–Crippen MR) is 298 cm³/mol. The SMILES string of the molecule is CC(Br)C(=O)c1ccc(Br)cc1.Cc1sc(NCC2CC2)nc1-c1ccc(Br)cc1.Cc1sc(NCC2CC2)nc1-c1ccc(C#N)cc1.Cc1sc(NCC2CC2)nc1-c1ccc(CN)cc1. The predicted octanol–water partition coefficient (Wildman–Crippen LogP) is 15.3. The number of rotatable bonds is 15. The maximum Gasteiger partial charge on any atom is 0.183 e. The molecule has 4 aromatic carbocycles. The highest BCUT2D eigenvalue weighted by molar-refractivity contribution is 9.11. The second-order valence-corrected chi connectivity index (χ2v) is 24.1. The number of nitrogens with zero attached hydrogens (tertiary/aromatic N) is 4. The van der Waals surface area contributed by atoms with Gasteiger partial charge in [0.25, 0.3) is 0 Å². The van der Waals surface area contributed by atoms with Gasteiger partial charge in [-0.15, -0.1) is 34.0 Å². The normalized spacial score (nSPS) is 14.2. The summed E-state index contributed by atoms with van der Waals surface area (Å²) in [6.45, 7) is 12.0. The molecule has 0 amide bonds. The summed E-state index contributed by atoms with van der Waals surface area (Å²) in [7, 11) is 0. The fraction of sp³-hybridized carbons (Fsp3) is 0.340. The molecule has 3 aromatic heterocycles. The Kier molecular flexibility index (Phi) is 19.0.